The van der Waals surface area contributed by atoms with E-state index in [0.29, 0.717) is 19.3 Å². The van der Waals surface area contributed by atoms with Gasteiger partial charge < -0.3 is 39.0 Å². The van der Waals surface area contributed by atoms with Crippen molar-refractivity contribution in [3.05, 3.63) is 134 Å². The van der Waals surface area contributed by atoms with Crippen LogP contribution in [0.5, 0.6) is 0 Å². The average Bonchev–Trinajstić information content (AvgIpc) is 3.37. The SMILES string of the molecule is CC/C=C\C/C=C\C/C=C\C/C=C\CCCCCCC(=O)OC1C(OCC(COC(=O)CC/C=C\C/C=C\C/C=C\C/C=C\CC)OC(=O)CCCCC/C=C\C/C=C\C/C=C\CC)OC(C(=O)O)C(O)C1O. The molecule has 0 radical (unpaired) electrons. The number of hydrogen-bond acceptors (Lipinski definition) is 11. The fourth-order valence-electron chi connectivity index (χ4n) is 7.15. The molecule has 0 aliphatic carbocycles. The number of carboxylic acids is 1. The van der Waals surface area contributed by atoms with Crippen molar-refractivity contribution in [2.75, 3.05) is 13.2 Å². The molecule has 0 bridgehead atoms. The number of ether oxygens (including phenoxy) is 5. The summed E-state index contributed by atoms with van der Waals surface area (Å²) in [5.74, 6) is -3.33. The van der Waals surface area contributed by atoms with Crippen LogP contribution in [0.4, 0.5) is 0 Å². The van der Waals surface area contributed by atoms with Crippen LogP contribution in [0.1, 0.15) is 175 Å². The Morgan fingerprint density at radius 1 is 0.452 bits per heavy atom. The summed E-state index contributed by atoms with van der Waals surface area (Å²) in [7, 11) is 0. The van der Waals surface area contributed by atoms with Crippen molar-refractivity contribution < 1.29 is 58.2 Å². The molecule has 0 amide bonds. The van der Waals surface area contributed by atoms with Crippen LogP contribution in [0.3, 0.4) is 0 Å². The number of esters is 3. The monoisotopic (exact) mass is 1020 g/mol. The van der Waals surface area contributed by atoms with Crippen LogP contribution in [0, 0.1) is 0 Å². The van der Waals surface area contributed by atoms with Crippen LogP contribution in [0.15, 0.2) is 134 Å². The summed E-state index contributed by atoms with van der Waals surface area (Å²) in [4.78, 5) is 50.9. The third-order valence-electron chi connectivity index (χ3n) is 11.2. The topological polar surface area (TPSA) is 175 Å². The van der Waals surface area contributed by atoms with Crippen LogP contribution in [0.2, 0.25) is 0 Å². The van der Waals surface area contributed by atoms with E-state index in [2.05, 4.69) is 142 Å². The van der Waals surface area contributed by atoms with E-state index in [9.17, 15) is 34.5 Å². The third-order valence-corrected chi connectivity index (χ3v) is 11.2. The fraction of sp³-hybridized carbons (Fsp3) is 0.574. The Bertz CT molecular complexity index is 1780. The molecule has 1 fully saturated rings. The second-order valence-electron chi connectivity index (χ2n) is 17.7. The summed E-state index contributed by atoms with van der Waals surface area (Å²) >= 11 is 0. The molecule has 1 rings (SSSR count). The Kier molecular flexibility index (Phi) is 43.2. The van der Waals surface area contributed by atoms with Gasteiger partial charge in [0.05, 0.1) is 6.61 Å². The number of carboxylic acid groups (broad SMARTS) is 1. The van der Waals surface area contributed by atoms with E-state index in [4.69, 9.17) is 23.7 Å². The Hall–Kier alpha value is -5.14. The van der Waals surface area contributed by atoms with Gasteiger partial charge in [0.25, 0.3) is 0 Å². The number of rotatable bonds is 43. The Morgan fingerprint density at radius 2 is 0.849 bits per heavy atom. The van der Waals surface area contributed by atoms with E-state index < -0.39 is 67.3 Å². The predicted octanol–water partition coefficient (Wildman–Crippen LogP) is 13.4. The van der Waals surface area contributed by atoms with Gasteiger partial charge in [0, 0.05) is 19.3 Å². The second-order valence-corrected chi connectivity index (χ2v) is 17.7. The Balaban J connectivity index is 2.79. The first kappa shape index (κ1) is 65.9. The van der Waals surface area contributed by atoms with Crippen molar-refractivity contribution in [1.82, 2.24) is 0 Å². The number of unbranched alkanes of at least 4 members (excludes halogenated alkanes) is 7. The number of hydrogen-bond donors (Lipinski definition) is 3. The van der Waals surface area contributed by atoms with Crippen molar-refractivity contribution in [3.8, 4) is 0 Å². The maximum Gasteiger partial charge on any atom is 0.335 e. The largest absolute Gasteiger partial charge is 0.479 e. The molecule has 12 nitrogen and oxygen atoms in total. The fourth-order valence-corrected chi connectivity index (χ4v) is 7.15. The molecular weight excluding hydrogens is 925 g/mol. The first-order valence-corrected chi connectivity index (χ1v) is 27.2. The highest BCUT2D eigenvalue weighted by Crippen LogP contribution is 2.26. The highest BCUT2D eigenvalue weighted by molar-refractivity contribution is 5.74. The lowest BCUT2D eigenvalue weighted by atomic mass is 9.98. The van der Waals surface area contributed by atoms with Crippen molar-refractivity contribution in [2.45, 2.75) is 212 Å². The number of aliphatic hydroxyl groups is 2. The summed E-state index contributed by atoms with van der Waals surface area (Å²) in [6, 6.07) is 0. The summed E-state index contributed by atoms with van der Waals surface area (Å²) in [5.41, 5.74) is 0. The van der Waals surface area contributed by atoms with Crippen LogP contribution < -0.4 is 0 Å². The standard InChI is InChI=1S/C61H92O12/c1-4-7-10-13-16-19-22-25-26-27-28-31-34-37-40-43-46-49-55(64)72-59-57(66)56(65)58(60(67)68)73-61(59)70-51-52(71-54(63)48-45-42-39-36-33-30-24-21-18-15-12-9-6-3)50-69-53(62)47-44-41-38-35-32-29-23-20-17-14-11-8-5-2/h7-12,16-21,25-26,28-33,38,41,52,56-59,61,65-66H,4-6,13-15,22-24,27,34-37,39-40,42-51H2,1-3H3,(H,67,68)/b10-7-,11-8-,12-9-,19-16-,20-17-,21-18-,26-25-,31-28-,32-29-,33-30-,41-38-. The lowest BCUT2D eigenvalue weighted by molar-refractivity contribution is -0.301. The van der Waals surface area contributed by atoms with Crippen LogP contribution >= 0.6 is 0 Å². The first-order valence-electron chi connectivity index (χ1n) is 27.2. The zero-order valence-corrected chi connectivity index (χ0v) is 44.6. The van der Waals surface area contributed by atoms with E-state index in [1.54, 1.807) is 0 Å². The molecule has 0 aromatic rings. The molecule has 73 heavy (non-hydrogen) atoms. The molecule has 12 heteroatoms. The maximum atomic E-state index is 13.1. The van der Waals surface area contributed by atoms with Crippen molar-refractivity contribution >= 4 is 23.9 Å². The molecule has 408 valence electrons. The van der Waals surface area contributed by atoms with Crippen molar-refractivity contribution in [1.29, 1.82) is 0 Å². The van der Waals surface area contributed by atoms with Gasteiger partial charge in [-0.15, -0.1) is 0 Å². The molecule has 0 spiro atoms. The van der Waals surface area contributed by atoms with Gasteiger partial charge >= 0.3 is 23.9 Å². The van der Waals surface area contributed by atoms with Gasteiger partial charge in [-0.1, -0.05) is 174 Å². The van der Waals surface area contributed by atoms with Gasteiger partial charge in [-0.2, -0.15) is 0 Å². The smallest absolute Gasteiger partial charge is 0.335 e. The number of aliphatic carboxylic acids is 1. The van der Waals surface area contributed by atoms with Crippen LogP contribution in [-0.2, 0) is 42.9 Å². The second kappa shape index (κ2) is 47.8. The summed E-state index contributed by atoms with van der Waals surface area (Å²) in [5, 5.41) is 31.4. The quantitative estimate of drug-likeness (QED) is 0.0228. The Labute approximate surface area is 439 Å². The van der Waals surface area contributed by atoms with E-state index in [1.165, 1.54) is 0 Å². The number of allylic oxidation sites excluding steroid dienone is 22. The summed E-state index contributed by atoms with van der Waals surface area (Å²) in [6.45, 7) is 5.51. The molecule has 1 heterocycles. The first-order chi connectivity index (χ1) is 35.6. The zero-order chi connectivity index (χ0) is 53.3. The molecule has 0 saturated carbocycles. The minimum atomic E-state index is -1.93. The summed E-state index contributed by atoms with van der Waals surface area (Å²) < 4.78 is 28.2. The average molecular weight is 1020 g/mol. The number of aliphatic hydroxyl groups excluding tert-OH is 2. The maximum absolute atomic E-state index is 13.1. The normalized spacial score (nSPS) is 19.4. The van der Waals surface area contributed by atoms with E-state index >= 15 is 0 Å². The van der Waals surface area contributed by atoms with E-state index in [0.717, 1.165) is 116 Å². The molecule has 6 unspecified atom stereocenters. The van der Waals surface area contributed by atoms with E-state index in [1.807, 2.05) is 12.2 Å². The van der Waals surface area contributed by atoms with Gasteiger partial charge in [-0.05, 0) is 116 Å². The zero-order valence-electron chi connectivity index (χ0n) is 44.6. The van der Waals surface area contributed by atoms with Gasteiger partial charge in [0.1, 0.15) is 18.8 Å². The van der Waals surface area contributed by atoms with Gasteiger partial charge in [-0.25, -0.2) is 4.79 Å². The molecule has 1 aliphatic heterocycles. The number of carbonyl (C=O) groups is 4. The number of carbonyl (C=O) groups excluding carboxylic acids is 3. The highest BCUT2D eigenvalue weighted by Gasteiger charge is 2.50. The molecular formula is C61H92O12. The van der Waals surface area contributed by atoms with Gasteiger partial charge in [0.15, 0.2) is 24.6 Å². The van der Waals surface area contributed by atoms with E-state index in [-0.39, 0.29) is 25.9 Å². The Morgan fingerprint density at radius 3 is 1.30 bits per heavy atom. The van der Waals surface area contributed by atoms with Crippen molar-refractivity contribution in [2.24, 2.45) is 0 Å². The molecule has 0 aromatic carbocycles. The van der Waals surface area contributed by atoms with Crippen LogP contribution in [-0.4, -0.2) is 89.2 Å². The molecule has 6 atom stereocenters. The lowest BCUT2D eigenvalue weighted by Crippen LogP contribution is -2.61. The lowest BCUT2D eigenvalue weighted by Gasteiger charge is -2.40. The highest BCUT2D eigenvalue weighted by atomic mass is 16.7. The van der Waals surface area contributed by atoms with Gasteiger partial charge in [0.2, 0.25) is 0 Å². The van der Waals surface area contributed by atoms with Gasteiger partial charge in [-0.3, -0.25) is 14.4 Å². The minimum absolute atomic E-state index is 0.0142. The molecule has 0 aromatic heterocycles. The van der Waals surface area contributed by atoms with Crippen LogP contribution in [0.25, 0.3) is 0 Å². The predicted molar refractivity (Wildman–Crippen MR) is 293 cm³/mol. The van der Waals surface area contributed by atoms with Crippen molar-refractivity contribution in [3.63, 3.8) is 0 Å². The molecule has 3 N–H and O–H groups in total. The minimum Gasteiger partial charge on any atom is -0.479 e. The summed E-state index contributed by atoms with van der Waals surface area (Å²) in [6.07, 6.45) is 54.5. The third kappa shape index (κ3) is 38.2. The molecule has 1 saturated heterocycles. The molecule has 1 aliphatic rings.